The van der Waals surface area contributed by atoms with Crippen LogP contribution in [0.5, 0.6) is 0 Å². The Kier molecular flexibility index (Phi) is 1.47. The summed E-state index contributed by atoms with van der Waals surface area (Å²) in [5.74, 6) is 0. The SMILES string of the molecule is O=C(Cl)C1(C(F)(F)F)CC1. The molecule has 5 heteroatoms. The number of hydrogen-bond acceptors (Lipinski definition) is 1. The molecule has 1 nitrogen and oxygen atoms in total. The van der Waals surface area contributed by atoms with E-state index in [1.54, 1.807) is 0 Å². The first-order chi connectivity index (χ1) is 4.40. The maximum absolute atomic E-state index is 11.8. The minimum Gasteiger partial charge on any atom is -0.280 e. The monoisotopic (exact) mass is 172 g/mol. The smallest absolute Gasteiger partial charge is 0.280 e. The first-order valence-corrected chi connectivity index (χ1v) is 3.05. The van der Waals surface area contributed by atoms with Crippen molar-refractivity contribution < 1.29 is 18.0 Å². The Labute approximate surface area is 60.2 Å². The molecule has 1 saturated carbocycles. The lowest BCUT2D eigenvalue weighted by atomic mass is 10.1. The molecule has 1 aliphatic carbocycles. The predicted octanol–water partition coefficient (Wildman–Crippen LogP) is 2.09. The van der Waals surface area contributed by atoms with Gasteiger partial charge in [0.25, 0.3) is 0 Å². The van der Waals surface area contributed by atoms with Crippen molar-refractivity contribution in [3.05, 3.63) is 0 Å². The predicted molar refractivity (Wildman–Crippen MR) is 28.6 cm³/mol. The molecule has 0 amide bonds. The van der Waals surface area contributed by atoms with Crippen molar-refractivity contribution in [3.63, 3.8) is 0 Å². The number of carbonyl (C=O) groups excluding carboxylic acids is 1. The highest BCUT2D eigenvalue weighted by molar-refractivity contribution is 6.65. The fourth-order valence-electron chi connectivity index (χ4n) is 0.716. The lowest BCUT2D eigenvalue weighted by Gasteiger charge is -2.13. The first kappa shape index (κ1) is 7.85. The van der Waals surface area contributed by atoms with E-state index in [2.05, 4.69) is 0 Å². The number of carbonyl (C=O) groups is 1. The molecule has 1 aliphatic rings. The Morgan fingerprint density at radius 3 is 1.80 bits per heavy atom. The number of alkyl halides is 3. The van der Waals surface area contributed by atoms with Gasteiger partial charge in [-0.1, -0.05) is 0 Å². The van der Waals surface area contributed by atoms with Crippen LogP contribution in [0.3, 0.4) is 0 Å². The van der Waals surface area contributed by atoms with Crippen molar-refractivity contribution >= 4 is 16.8 Å². The lowest BCUT2D eigenvalue weighted by Crippen LogP contribution is -2.29. The highest BCUT2D eigenvalue weighted by Crippen LogP contribution is 2.58. The van der Waals surface area contributed by atoms with E-state index in [4.69, 9.17) is 11.6 Å². The van der Waals surface area contributed by atoms with Gasteiger partial charge in [-0.2, -0.15) is 13.2 Å². The van der Waals surface area contributed by atoms with Crippen molar-refractivity contribution in [1.82, 2.24) is 0 Å². The summed E-state index contributed by atoms with van der Waals surface area (Å²) in [7, 11) is 0. The van der Waals surface area contributed by atoms with Crippen LogP contribution in [0, 0.1) is 5.41 Å². The Hall–Kier alpha value is -0.250. The van der Waals surface area contributed by atoms with E-state index in [-0.39, 0.29) is 12.8 Å². The molecule has 0 bridgehead atoms. The van der Waals surface area contributed by atoms with Crippen molar-refractivity contribution in [2.75, 3.05) is 0 Å². The molecule has 0 heterocycles. The first-order valence-electron chi connectivity index (χ1n) is 2.67. The van der Waals surface area contributed by atoms with E-state index in [1.165, 1.54) is 0 Å². The number of halogens is 4. The maximum Gasteiger partial charge on any atom is 0.402 e. The molecule has 0 spiro atoms. The molecule has 0 aromatic rings. The standard InChI is InChI=1S/C5H4ClF3O/c6-3(10)4(1-2-4)5(7,8)9/h1-2H2. The number of hydrogen-bond donors (Lipinski definition) is 0. The van der Waals surface area contributed by atoms with Gasteiger partial charge in [0, 0.05) is 0 Å². The third kappa shape index (κ3) is 0.905. The van der Waals surface area contributed by atoms with Gasteiger partial charge in [-0.25, -0.2) is 0 Å². The fourth-order valence-corrected chi connectivity index (χ4v) is 1.01. The summed E-state index contributed by atoms with van der Waals surface area (Å²) < 4.78 is 35.5. The number of rotatable bonds is 1. The van der Waals surface area contributed by atoms with Crippen LogP contribution in [0.25, 0.3) is 0 Å². The highest BCUT2D eigenvalue weighted by Gasteiger charge is 2.67. The summed E-state index contributed by atoms with van der Waals surface area (Å²) in [5.41, 5.74) is -2.19. The summed E-state index contributed by atoms with van der Waals surface area (Å²) in [6.45, 7) is 0. The van der Waals surface area contributed by atoms with Gasteiger partial charge in [-0.15, -0.1) is 0 Å². The van der Waals surface area contributed by atoms with E-state index < -0.39 is 16.8 Å². The molecule has 0 unspecified atom stereocenters. The van der Waals surface area contributed by atoms with Crippen molar-refractivity contribution in [2.24, 2.45) is 5.41 Å². The molecule has 1 fully saturated rings. The van der Waals surface area contributed by atoms with Crippen LogP contribution in [-0.4, -0.2) is 11.4 Å². The second-order valence-corrected chi connectivity index (χ2v) is 2.70. The molecule has 0 aliphatic heterocycles. The van der Waals surface area contributed by atoms with E-state index in [1.807, 2.05) is 0 Å². The molecular weight excluding hydrogens is 169 g/mol. The molecule has 0 aromatic heterocycles. The summed E-state index contributed by atoms with van der Waals surface area (Å²) in [6.07, 6.45) is -4.76. The van der Waals surface area contributed by atoms with Crippen LogP contribution in [0.2, 0.25) is 0 Å². The van der Waals surface area contributed by atoms with Gasteiger partial charge in [0.1, 0.15) is 5.41 Å². The summed E-state index contributed by atoms with van der Waals surface area (Å²) in [4.78, 5) is 10.2. The van der Waals surface area contributed by atoms with Crippen molar-refractivity contribution in [2.45, 2.75) is 19.0 Å². The van der Waals surface area contributed by atoms with E-state index in [0.717, 1.165) is 0 Å². The van der Waals surface area contributed by atoms with Gasteiger partial charge in [0.05, 0.1) is 0 Å². The second kappa shape index (κ2) is 1.87. The van der Waals surface area contributed by atoms with Gasteiger partial charge in [0.2, 0.25) is 5.24 Å². The fraction of sp³-hybridized carbons (Fsp3) is 0.800. The van der Waals surface area contributed by atoms with Crippen LogP contribution < -0.4 is 0 Å². The molecule has 0 atom stereocenters. The Morgan fingerprint density at radius 1 is 1.40 bits per heavy atom. The Morgan fingerprint density at radius 2 is 1.80 bits per heavy atom. The van der Waals surface area contributed by atoms with Crippen LogP contribution in [-0.2, 0) is 4.79 Å². The van der Waals surface area contributed by atoms with Crippen LogP contribution >= 0.6 is 11.6 Å². The molecule has 10 heavy (non-hydrogen) atoms. The van der Waals surface area contributed by atoms with Gasteiger partial charge >= 0.3 is 6.18 Å². The van der Waals surface area contributed by atoms with Gasteiger partial charge in [-0.05, 0) is 24.4 Å². The van der Waals surface area contributed by atoms with Crippen LogP contribution in [0.1, 0.15) is 12.8 Å². The third-order valence-corrected chi connectivity index (χ3v) is 2.03. The second-order valence-electron chi connectivity index (χ2n) is 2.35. The Bertz CT molecular complexity index is 170. The van der Waals surface area contributed by atoms with Gasteiger partial charge in [0.15, 0.2) is 0 Å². The molecule has 58 valence electrons. The average molecular weight is 173 g/mol. The maximum atomic E-state index is 11.8. The molecule has 0 N–H and O–H groups in total. The molecule has 0 saturated heterocycles. The van der Waals surface area contributed by atoms with E-state index in [0.29, 0.717) is 0 Å². The van der Waals surface area contributed by atoms with Gasteiger partial charge in [-0.3, -0.25) is 4.79 Å². The topological polar surface area (TPSA) is 17.1 Å². The van der Waals surface area contributed by atoms with Crippen molar-refractivity contribution in [3.8, 4) is 0 Å². The summed E-state index contributed by atoms with van der Waals surface area (Å²) in [6, 6.07) is 0. The average Bonchev–Trinajstić information content (AvgIpc) is 2.36. The zero-order valence-electron chi connectivity index (χ0n) is 4.83. The highest BCUT2D eigenvalue weighted by atomic mass is 35.5. The molecule has 0 radical (unpaired) electrons. The minimum atomic E-state index is -4.45. The summed E-state index contributed by atoms with van der Waals surface area (Å²) >= 11 is 4.76. The minimum absolute atomic E-state index is 0.154. The third-order valence-electron chi connectivity index (χ3n) is 1.67. The van der Waals surface area contributed by atoms with E-state index in [9.17, 15) is 18.0 Å². The molecular formula is C5H4ClF3O. The van der Waals surface area contributed by atoms with Crippen LogP contribution in [0.15, 0.2) is 0 Å². The quantitative estimate of drug-likeness (QED) is 0.554. The van der Waals surface area contributed by atoms with E-state index >= 15 is 0 Å². The lowest BCUT2D eigenvalue weighted by molar-refractivity contribution is -0.186. The largest absolute Gasteiger partial charge is 0.402 e. The van der Waals surface area contributed by atoms with Crippen LogP contribution in [0.4, 0.5) is 13.2 Å². The normalized spacial score (nSPS) is 22.4. The summed E-state index contributed by atoms with van der Waals surface area (Å²) in [5, 5.41) is -1.28. The molecule has 1 rings (SSSR count). The van der Waals surface area contributed by atoms with Crippen molar-refractivity contribution in [1.29, 1.82) is 0 Å². The Balaban J connectivity index is 2.80. The van der Waals surface area contributed by atoms with Gasteiger partial charge < -0.3 is 0 Å². The zero-order valence-corrected chi connectivity index (χ0v) is 5.59. The zero-order chi connectivity index (χ0) is 7.99. The molecule has 0 aromatic carbocycles.